The summed E-state index contributed by atoms with van der Waals surface area (Å²) in [6.07, 6.45) is -4.05. The number of allylic oxidation sites excluding steroid dienone is 1. The Morgan fingerprint density at radius 3 is 1.31 bits per heavy atom. The third kappa shape index (κ3) is 30.4. The first-order chi connectivity index (χ1) is 35.5. The van der Waals surface area contributed by atoms with Gasteiger partial charge in [-0.05, 0) is 108 Å². The molecular weight excluding hydrogens is 973 g/mol. The summed E-state index contributed by atoms with van der Waals surface area (Å²) in [7, 11) is 1.51. The minimum atomic E-state index is -1.21. The van der Waals surface area contributed by atoms with Crippen LogP contribution >= 0.6 is 0 Å². The predicted molar refractivity (Wildman–Crippen MR) is 282 cm³/mol. The number of aliphatic hydroxyl groups is 13. The monoisotopic (exact) mass is 1070 g/mol. The van der Waals surface area contributed by atoms with Gasteiger partial charge in [0.25, 0.3) is 11.8 Å². The van der Waals surface area contributed by atoms with E-state index in [2.05, 4.69) is 19.2 Å². The van der Waals surface area contributed by atoms with Crippen LogP contribution in [0.2, 0.25) is 0 Å². The smallest absolute Gasteiger partial charge is 0.257 e. The number of rotatable bonds is 43. The van der Waals surface area contributed by atoms with Crippen LogP contribution in [0.5, 0.6) is 0 Å². The molecule has 0 radical (unpaired) electrons. The molecule has 0 aliphatic carbocycles. The Kier molecular flexibility index (Phi) is 33.8. The minimum Gasteiger partial charge on any atom is -0.499 e. The van der Waals surface area contributed by atoms with Crippen molar-refractivity contribution in [1.29, 1.82) is 0 Å². The highest BCUT2D eigenvalue weighted by Gasteiger charge is 2.37. The maximum Gasteiger partial charge on any atom is 0.257 e. The van der Waals surface area contributed by atoms with Crippen LogP contribution in [0.25, 0.3) is 0 Å². The van der Waals surface area contributed by atoms with Crippen LogP contribution in [0.1, 0.15) is 161 Å². The molecule has 19 heteroatoms. The van der Waals surface area contributed by atoms with Crippen LogP contribution < -0.4 is 5.32 Å². The third-order valence-corrected chi connectivity index (χ3v) is 14.0. The first-order valence-corrected chi connectivity index (χ1v) is 27.3. The molecule has 0 spiro atoms. The van der Waals surface area contributed by atoms with Crippen LogP contribution in [-0.4, -0.2) is 189 Å². The van der Waals surface area contributed by atoms with Gasteiger partial charge in [-0.2, -0.15) is 0 Å². The number of methoxy groups -OCH3 is 1. The lowest BCUT2D eigenvalue weighted by Gasteiger charge is -2.24. The number of nitrogens with one attached hydrogen (secondary N) is 1. The van der Waals surface area contributed by atoms with Crippen LogP contribution in [0.15, 0.2) is 53.8 Å². The highest BCUT2D eigenvalue weighted by Crippen LogP contribution is 2.27. The molecule has 0 saturated heterocycles. The molecule has 1 aromatic rings. The van der Waals surface area contributed by atoms with E-state index in [1.165, 1.54) is 18.1 Å². The van der Waals surface area contributed by atoms with Crippen molar-refractivity contribution in [2.24, 2.45) is 11.8 Å². The molecule has 1 aliphatic heterocycles. The average molecular weight is 1070 g/mol. The lowest BCUT2D eigenvalue weighted by Crippen LogP contribution is -2.41. The van der Waals surface area contributed by atoms with Gasteiger partial charge in [0.1, 0.15) is 11.8 Å². The third-order valence-electron chi connectivity index (χ3n) is 14.0. The molecule has 1 aromatic carbocycles. The summed E-state index contributed by atoms with van der Waals surface area (Å²) in [6.45, 7) is 6.11. The number of carbonyl (C=O) groups excluding carboxylic acids is 3. The van der Waals surface area contributed by atoms with Crippen molar-refractivity contribution in [3.8, 4) is 0 Å². The zero-order valence-electron chi connectivity index (χ0n) is 45.0. The van der Waals surface area contributed by atoms with E-state index in [1.807, 2.05) is 37.3 Å². The van der Waals surface area contributed by atoms with E-state index in [0.717, 1.165) is 62.5 Å². The number of imide groups is 1. The maximum atomic E-state index is 13.3. The van der Waals surface area contributed by atoms with E-state index in [1.54, 1.807) is 6.08 Å². The van der Waals surface area contributed by atoms with Crippen LogP contribution in [0.4, 0.5) is 0 Å². The van der Waals surface area contributed by atoms with Crippen molar-refractivity contribution in [3.63, 3.8) is 0 Å². The summed E-state index contributed by atoms with van der Waals surface area (Å²) in [4.78, 5) is 37.7. The zero-order chi connectivity index (χ0) is 56.0. The number of amides is 3. The van der Waals surface area contributed by atoms with Crippen LogP contribution in [0, 0.1) is 11.8 Å². The summed E-state index contributed by atoms with van der Waals surface area (Å²) in [5.74, 6) is 0.393. The molecule has 3 amide bonds. The second-order valence-corrected chi connectivity index (χ2v) is 21.8. The van der Waals surface area contributed by atoms with Crippen molar-refractivity contribution >= 4 is 18.2 Å². The van der Waals surface area contributed by atoms with E-state index >= 15 is 0 Å². The molecule has 14 N–H and O–H groups in total. The van der Waals surface area contributed by atoms with E-state index in [0.29, 0.717) is 30.9 Å². The van der Waals surface area contributed by atoms with Crippen LogP contribution in [-0.2, 0) is 25.5 Å². The molecule has 2 rings (SSSR count). The average Bonchev–Trinajstić information content (AvgIpc) is 3.61. The molecule has 1 aliphatic rings. The van der Waals surface area contributed by atoms with E-state index in [4.69, 9.17) is 4.74 Å². The van der Waals surface area contributed by atoms with E-state index < -0.39 is 85.4 Å². The van der Waals surface area contributed by atoms with Crippen molar-refractivity contribution in [1.82, 2.24) is 10.2 Å². The quantitative estimate of drug-likeness (QED) is 0.0254. The van der Waals surface area contributed by atoms with Gasteiger partial charge in [-0.3, -0.25) is 19.3 Å². The Labute approximate surface area is 445 Å². The molecule has 432 valence electrons. The lowest BCUT2D eigenvalue weighted by molar-refractivity contribution is -0.139. The van der Waals surface area contributed by atoms with E-state index in [-0.39, 0.29) is 101 Å². The summed E-state index contributed by atoms with van der Waals surface area (Å²) in [5.41, 5.74) is 1.94. The molecule has 19 nitrogen and oxygen atoms in total. The Morgan fingerprint density at radius 1 is 0.560 bits per heavy atom. The van der Waals surface area contributed by atoms with Gasteiger partial charge >= 0.3 is 0 Å². The van der Waals surface area contributed by atoms with Crippen molar-refractivity contribution < 1.29 is 85.5 Å². The Hall–Kier alpha value is -3.41. The number of nitrogens with zero attached hydrogens (tertiary/aromatic N) is 1. The molecule has 1 heterocycles. The second kappa shape index (κ2) is 37.4. The summed E-state index contributed by atoms with van der Waals surface area (Å²) in [6, 6.07) is 9.22. The van der Waals surface area contributed by atoms with Gasteiger partial charge < -0.3 is 76.4 Å². The summed E-state index contributed by atoms with van der Waals surface area (Å²) >= 11 is 0. The number of ether oxygens (including phenoxy) is 1. The van der Waals surface area contributed by atoms with Gasteiger partial charge in [-0.15, -0.1) is 0 Å². The van der Waals surface area contributed by atoms with E-state index in [9.17, 15) is 80.8 Å². The van der Waals surface area contributed by atoms with Gasteiger partial charge in [0.15, 0.2) is 0 Å². The number of hydrogen-bond acceptors (Lipinski definition) is 17. The molecule has 75 heavy (non-hydrogen) atoms. The normalized spacial score (nSPS) is 20.4. The van der Waals surface area contributed by atoms with Crippen LogP contribution in [0.3, 0.4) is 0 Å². The van der Waals surface area contributed by atoms with Crippen molar-refractivity contribution in [2.45, 2.75) is 247 Å². The first-order valence-electron chi connectivity index (χ1n) is 27.3. The second-order valence-electron chi connectivity index (χ2n) is 21.8. The molecule has 0 aromatic heterocycles. The fraction of sp³-hybridized carbons (Fsp3) is 0.768. The highest BCUT2D eigenvalue weighted by atomic mass is 16.5. The fourth-order valence-corrected chi connectivity index (χ4v) is 10.3. The molecule has 0 fully saturated rings. The van der Waals surface area contributed by atoms with Gasteiger partial charge in [-0.1, -0.05) is 94.7 Å². The predicted octanol–water partition coefficient (Wildman–Crippen LogP) is 2.35. The number of carbonyl (C=O) groups is 3. The Morgan fingerprint density at radius 2 is 0.920 bits per heavy atom. The lowest BCUT2D eigenvalue weighted by atomic mass is 9.92. The molecule has 16 atom stereocenters. The summed E-state index contributed by atoms with van der Waals surface area (Å²) in [5, 5.41) is 137. The molecular formula is C56H96N2O17. The molecule has 0 bridgehead atoms. The topological polar surface area (TPSA) is 339 Å². The Bertz CT molecular complexity index is 1770. The number of aliphatic hydroxyl groups excluding tert-OH is 13. The van der Waals surface area contributed by atoms with Gasteiger partial charge in [0.05, 0.1) is 86.5 Å². The Balaban J connectivity index is 1.56. The van der Waals surface area contributed by atoms with Crippen molar-refractivity contribution in [2.75, 3.05) is 13.7 Å². The maximum absolute atomic E-state index is 13.3. The molecule has 0 saturated carbocycles. The summed E-state index contributed by atoms with van der Waals surface area (Å²) < 4.78 is 5.46. The van der Waals surface area contributed by atoms with Crippen molar-refractivity contribution in [3.05, 3.63) is 59.4 Å². The van der Waals surface area contributed by atoms with Gasteiger partial charge in [-0.25, -0.2) is 0 Å². The zero-order valence-corrected chi connectivity index (χ0v) is 45.0. The first kappa shape index (κ1) is 67.7. The largest absolute Gasteiger partial charge is 0.499 e. The fourth-order valence-electron chi connectivity index (χ4n) is 10.3. The molecule has 1 unspecified atom stereocenters. The van der Waals surface area contributed by atoms with Gasteiger partial charge in [0, 0.05) is 31.5 Å². The minimum absolute atomic E-state index is 0.0655. The number of benzene rings is 1. The standard InChI is InChI=1S/C56H96N2O17/c1-36(17-38(3)19-55(73)58-53(54(75-4)33-56(58)74)20-39-15-11-8-12-16-39)13-9-6-5-7-10-14-37(2)18-40(60)21-41(61)22-42(62)23-43(63)24-44(64)25-45(65)26-46(66)27-47(67)28-48(68)29-49(69)30-50(70)31-51(71)32-52(72)34-57-35-59/h8,11-12,15-16,19,33,35-37,40-53,60-72H,5-7,9-10,13-14,17-18,20-32,34H2,1-4H3,(H,57,59)/b38-19-/t36?,37-,40+,41+,42+,43+,44+,45+,46+,47+,48+,49+,50+,51+,52-,53-/m0/s1. The number of unbranched alkanes of at least 4 members (excludes halogenated alkanes) is 4. The number of hydrogen-bond donors (Lipinski definition) is 14. The highest BCUT2D eigenvalue weighted by molar-refractivity contribution is 6.08. The SMILES string of the molecule is COC1=CC(=O)N(C(=O)/C=C(/C)CC(C)CCCCCCC[C@H](C)C[C@@H](O)C[C@@H](O)C[C@@H](O)C[C@@H](O)C[C@@H](O)C[C@@H](O)C[C@@H](O)C[C@@H](O)C[C@@H](O)C[C@@H](O)C[C@@H](O)C[C@@H](O)C[C@H](O)CNC=O)[C@H]1Cc1ccccc1. The van der Waals surface area contributed by atoms with Gasteiger partial charge in [0.2, 0.25) is 6.41 Å².